The summed E-state index contributed by atoms with van der Waals surface area (Å²) in [5, 5.41) is 10.8. The molecule has 0 aliphatic heterocycles. The Kier molecular flexibility index (Phi) is 4.29. The molecule has 23 heavy (non-hydrogen) atoms. The van der Waals surface area contributed by atoms with E-state index in [0.29, 0.717) is 18.0 Å². The molecule has 2 N–H and O–H groups in total. The lowest BCUT2D eigenvalue weighted by Crippen LogP contribution is -2.34. The molecule has 1 amide bonds. The number of anilines is 2. The van der Waals surface area contributed by atoms with Crippen LogP contribution >= 0.6 is 11.3 Å². The van der Waals surface area contributed by atoms with Gasteiger partial charge in [-0.3, -0.25) is 4.79 Å². The van der Waals surface area contributed by atoms with Crippen LogP contribution in [0.3, 0.4) is 0 Å². The van der Waals surface area contributed by atoms with Gasteiger partial charge in [0.25, 0.3) is 0 Å². The lowest BCUT2D eigenvalue weighted by atomic mass is 10.2. The molecular weight excluding hydrogens is 312 g/mol. The van der Waals surface area contributed by atoms with Gasteiger partial charge in [0.2, 0.25) is 5.91 Å². The van der Waals surface area contributed by atoms with Crippen molar-refractivity contribution in [2.75, 3.05) is 10.6 Å². The molecule has 0 aliphatic carbocycles. The lowest BCUT2D eigenvalue weighted by molar-refractivity contribution is -0.117. The minimum absolute atomic E-state index is 0.138. The van der Waals surface area contributed by atoms with E-state index in [1.807, 2.05) is 32.0 Å². The molecule has 1 aromatic carbocycles. The summed E-state index contributed by atoms with van der Waals surface area (Å²) in [6.45, 7) is 5.73. The first-order valence-electron chi connectivity index (χ1n) is 7.43. The van der Waals surface area contributed by atoms with Crippen LogP contribution in [0.4, 0.5) is 11.5 Å². The zero-order valence-corrected chi connectivity index (χ0v) is 14.0. The summed E-state index contributed by atoms with van der Waals surface area (Å²) in [7, 11) is 0. The van der Waals surface area contributed by atoms with Crippen LogP contribution in [-0.4, -0.2) is 22.1 Å². The third-order valence-corrected chi connectivity index (χ3v) is 4.37. The fraction of sp³-hybridized carbons (Fsp3) is 0.312. The van der Waals surface area contributed by atoms with Crippen LogP contribution in [0.25, 0.3) is 10.2 Å². The van der Waals surface area contributed by atoms with Gasteiger partial charge in [0.15, 0.2) is 5.82 Å². The number of rotatable bonds is 5. The van der Waals surface area contributed by atoms with Gasteiger partial charge < -0.3 is 15.2 Å². The summed E-state index contributed by atoms with van der Waals surface area (Å²) in [6.07, 6.45) is 0.655. The minimum atomic E-state index is -0.349. The summed E-state index contributed by atoms with van der Waals surface area (Å²) in [6, 6.07) is 7.27. The van der Waals surface area contributed by atoms with E-state index in [-0.39, 0.29) is 11.9 Å². The van der Waals surface area contributed by atoms with Crippen LogP contribution in [-0.2, 0) is 4.79 Å². The first-order valence-corrected chi connectivity index (χ1v) is 8.24. The van der Waals surface area contributed by atoms with Crippen LogP contribution in [0.1, 0.15) is 24.1 Å². The Hall–Kier alpha value is -2.41. The van der Waals surface area contributed by atoms with Crippen molar-refractivity contribution in [3.05, 3.63) is 35.0 Å². The van der Waals surface area contributed by atoms with Crippen LogP contribution in [0.5, 0.6) is 0 Å². The van der Waals surface area contributed by atoms with E-state index < -0.39 is 0 Å². The zero-order valence-electron chi connectivity index (χ0n) is 13.2. The molecule has 0 saturated carbocycles. The van der Waals surface area contributed by atoms with Gasteiger partial charge in [-0.05, 0) is 38.5 Å². The van der Waals surface area contributed by atoms with Crippen LogP contribution in [0, 0.1) is 13.8 Å². The molecule has 0 bridgehead atoms. The summed E-state index contributed by atoms with van der Waals surface area (Å²) in [5.74, 6) is 0.954. The summed E-state index contributed by atoms with van der Waals surface area (Å²) < 4.78 is 6.06. The molecule has 1 unspecified atom stereocenters. The smallest absolute Gasteiger partial charge is 0.248 e. The Balaban J connectivity index is 1.73. The van der Waals surface area contributed by atoms with Crippen LogP contribution in [0.15, 0.2) is 28.8 Å². The highest BCUT2D eigenvalue weighted by molar-refractivity contribution is 7.18. The Labute approximate surface area is 137 Å². The summed E-state index contributed by atoms with van der Waals surface area (Å²) in [5.41, 5.74) is 1.88. The first kappa shape index (κ1) is 15.5. The molecule has 0 radical (unpaired) electrons. The third-order valence-electron chi connectivity index (χ3n) is 3.44. The zero-order chi connectivity index (χ0) is 16.4. The van der Waals surface area contributed by atoms with Gasteiger partial charge in [0, 0.05) is 11.8 Å². The Morgan fingerprint density at radius 3 is 2.87 bits per heavy atom. The number of aromatic nitrogens is 2. The standard InChI is InChI=1S/C16H18N4O2S/c1-4-12(16(21)19-15-7-9(2)22-20-15)18-11-5-6-13-14(8-11)23-10(3)17-13/h5-8,12,18H,4H2,1-3H3,(H,19,20,21). The van der Waals surface area contributed by atoms with E-state index in [2.05, 4.69) is 20.8 Å². The number of fused-ring (bicyclic) bond motifs is 1. The molecule has 2 heterocycles. The molecule has 3 rings (SSSR count). The number of aryl methyl sites for hydroxylation is 2. The average Bonchev–Trinajstić information content (AvgIpc) is 3.08. The molecule has 0 fully saturated rings. The normalized spacial score (nSPS) is 12.3. The van der Waals surface area contributed by atoms with E-state index in [1.54, 1.807) is 24.3 Å². The monoisotopic (exact) mass is 330 g/mol. The molecule has 3 aromatic rings. The van der Waals surface area contributed by atoms with Gasteiger partial charge in [-0.1, -0.05) is 12.1 Å². The lowest BCUT2D eigenvalue weighted by Gasteiger charge is -2.17. The number of hydrogen-bond donors (Lipinski definition) is 2. The number of hydrogen-bond acceptors (Lipinski definition) is 6. The Bertz CT molecular complexity index is 840. The predicted octanol–water partition coefficient (Wildman–Crippen LogP) is 3.73. The van der Waals surface area contributed by atoms with Crippen molar-refractivity contribution < 1.29 is 9.32 Å². The molecule has 120 valence electrons. The maximum absolute atomic E-state index is 12.4. The molecule has 6 nitrogen and oxygen atoms in total. The van der Waals surface area contributed by atoms with Crippen molar-refractivity contribution in [3.63, 3.8) is 0 Å². The summed E-state index contributed by atoms with van der Waals surface area (Å²) >= 11 is 1.64. The van der Waals surface area contributed by atoms with Crippen molar-refractivity contribution >= 4 is 39.0 Å². The third kappa shape index (κ3) is 3.50. The molecule has 1 atom stereocenters. The van der Waals surface area contributed by atoms with Gasteiger partial charge in [-0.25, -0.2) is 4.98 Å². The van der Waals surface area contributed by atoms with Gasteiger partial charge in [-0.15, -0.1) is 11.3 Å². The van der Waals surface area contributed by atoms with Crippen LogP contribution < -0.4 is 10.6 Å². The van der Waals surface area contributed by atoms with E-state index in [9.17, 15) is 4.79 Å². The summed E-state index contributed by atoms with van der Waals surface area (Å²) in [4.78, 5) is 16.8. The first-order chi connectivity index (χ1) is 11.0. The molecule has 2 aromatic heterocycles. The van der Waals surface area contributed by atoms with Crippen molar-refractivity contribution in [3.8, 4) is 0 Å². The highest BCUT2D eigenvalue weighted by Crippen LogP contribution is 2.25. The second-order valence-corrected chi connectivity index (χ2v) is 6.57. The number of amides is 1. The number of carbonyl (C=O) groups excluding carboxylic acids is 1. The van der Waals surface area contributed by atoms with Crippen LogP contribution in [0.2, 0.25) is 0 Å². The Morgan fingerprint density at radius 2 is 2.17 bits per heavy atom. The highest BCUT2D eigenvalue weighted by Gasteiger charge is 2.18. The number of carbonyl (C=O) groups is 1. The molecule has 7 heteroatoms. The molecule has 0 aliphatic rings. The van der Waals surface area contributed by atoms with Gasteiger partial charge in [0.05, 0.1) is 15.2 Å². The Morgan fingerprint density at radius 1 is 1.35 bits per heavy atom. The van der Waals surface area contributed by atoms with Crippen molar-refractivity contribution in [1.82, 2.24) is 10.1 Å². The topological polar surface area (TPSA) is 80.0 Å². The number of nitrogens with one attached hydrogen (secondary N) is 2. The van der Waals surface area contributed by atoms with Gasteiger partial charge >= 0.3 is 0 Å². The van der Waals surface area contributed by atoms with Crippen molar-refractivity contribution in [2.24, 2.45) is 0 Å². The number of benzene rings is 1. The number of nitrogens with zero attached hydrogens (tertiary/aromatic N) is 2. The van der Waals surface area contributed by atoms with E-state index in [4.69, 9.17) is 4.52 Å². The second kappa shape index (κ2) is 6.37. The maximum Gasteiger partial charge on any atom is 0.248 e. The molecule has 0 saturated heterocycles. The van der Waals surface area contributed by atoms with E-state index in [1.165, 1.54) is 0 Å². The molecule has 0 spiro atoms. The largest absolute Gasteiger partial charge is 0.374 e. The minimum Gasteiger partial charge on any atom is -0.374 e. The maximum atomic E-state index is 12.4. The average molecular weight is 330 g/mol. The fourth-order valence-corrected chi connectivity index (χ4v) is 3.19. The predicted molar refractivity (Wildman–Crippen MR) is 91.9 cm³/mol. The quantitative estimate of drug-likeness (QED) is 0.745. The highest BCUT2D eigenvalue weighted by atomic mass is 32.1. The van der Waals surface area contributed by atoms with E-state index >= 15 is 0 Å². The SMILES string of the molecule is CCC(Nc1ccc2nc(C)sc2c1)C(=O)Nc1cc(C)on1. The van der Waals surface area contributed by atoms with Crippen molar-refractivity contribution in [1.29, 1.82) is 0 Å². The number of thiazole rings is 1. The second-order valence-electron chi connectivity index (χ2n) is 5.33. The van der Waals surface area contributed by atoms with Crippen molar-refractivity contribution in [2.45, 2.75) is 33.2 Å². The molecular formula is C16H18N4O2S. The van der Waals surface area contributed by atoms with Gasteiger partial charge in [-0.2, -0.15) is 0 Å². The fourth-order valence-electron chi connectivity index (χ4n) is 2.32. The van der Waals surface area contributed by atoms with E-state index in [0.717, 1.165) is 20.9 Å². The van der Waals surface area contributed by atoms with Gasteiger partial charge in [0.1, 0.15) is 11.8 Å².